The van der Waals surface area contributed by atoms with Crippen molar-refractivity contribution in [3.63, 3.8) is 0 Å². The van der Waals surface area contributed by atoms with Crippen molar-refractivity contribution in [2.75, 3.05) is 6.61 Å². The SMILES string of the molecule is C=Cc1ccc(COc2ccc3c(=O)c(Oc4ccc(C(=O)OCCC)cc4)coc3c2)cc1. The topological polar surface area (TPSA) is 75.0 Å². The van der Waals surface area contributed by atoms with Crippen molar-refractivity contribution in [2.45, 2.75) is 20.0 Å². The molecule has 0 bridgehead atoms. The molecule has 0 amide bonds. The largest absolute Gasteiger partial charge is 0.489 e. The number of ether oxygens (including phenoxy) is 3. The summed E-state index contributed by atoms with van der Waals surface area (Å²) in [6.45, 7) is 6.42. The van der Waals surface area contributed by atoms with Crippen LogP contribution in [0.15, 0.2) is 88.8 Å². The Morgan fingerprint density at radius 2 is 1.74 bits per heavy atom. The average Bonchev–Trinajstić information content (AvgIpc) is 2.88. The van der Waals surface area contributed by atoms with Crippen LogP contribution >= 0.6 is 0 Å². The molecule has 0 N–H and O–H groups in total. The van der Waals surface area contributed by atoms with E-state index in [2.05, 4.69) is 6.58 Å². The van der Waals surface area contributed by atoms with Crippen molar-refractivity contribution >= 4 is 23.0 Å². The first-order chi connectivity index (χ1) is 16.6. The Kier molecular flexibility index (Phi) is 7.08. The van der Waals surface area contributed by atoms with Crippen LogP contribution in [0, 0.1) is 0 Å². The van der Waals surface area contributed by atoms with Crippen LogP contribution < -0.4 is 14.9 Å². The second-order valence-corrected chi connectivity index (χ2v) is 7.58. The molecule has 0 saturated carbocycles. The van der Waals surface area contributed by atoms with Crippen molar-refractivity contribution in [1.29, 1.82) is 0 Å². The van der Waals surface area contributed by atoms with Crippen LogP contribution in [0.2, 0.25) is 0 Å². The molecule has 34 heavy (non-hydrogen) atoms. The summed E-state index contributed by atoms with van der Waals surface area (Å²) in [6, 6.07) is 19.3. The second-order valence-electron chi connectivity index (χ2n) is 7.58. The summed E-state index contributed by atoms with van der Waals surface area (Å²) < 4.78 is 22.3. The van der Waals surface area contributed by atoms with Crippen LogP contribution in [-0.2, 0) is 11.3 Å². The highest BCUT2D eigenvalue weighted by atomic mass is 16.5. The van der Waals surface area contributed by atoms with Gasteiger partial charge in [-0.3, -0.25) is 4.79 Å². The van der Waals surface area contributed by atoms with Crippen LogP contribution in [-0.4, -0.2) is 12.6 Å². The van der Waals surface area contributed by atoms with Gasteiger partial charge in [-0.2, -0.15) is 0 Å². The number of carbonyl (C=O) groups is 1. The molecule has 0 spiro atoms. The minimum atomic E-state index is -0.398. The molecular formula is C28H24O6. The lowest BCUT2D eigenvalue weighted by atomic mass is 10.1. The summed E-state index contributed by atoms with van der Waals surface area (Å²) in [7, 11) is 0. The molecule has 0 radical (unpaired) electrons. The normalized spacial score (nSPS) is 10.6. The fraction of sp³-hybridized carbons (Fsp3) is 0.143. The van der Waals surface area contributed by atoms with Crippen LogP contribution in [0.3, 0.4) is 0 Å². The van der Waals surface area contributed by atoms with E-state index >= 15 is 0 Å². The van der Waals surface area contributed by atoms with Gasteiger partial charge in [-0.15, -0.1) is 0 Å². The Labute approximate surface area is 197 Å². The Balaban J connectivity index is 1.45. The van der Waals surface area contributed by atoms with E-state index < -0.39 is 5.97 Å². The minimum absolute atomic E-state index is 0.0461. The zero-order valence-corrected chi connectivity index (χ0v) is 18.8. The Morgan fingerprint density at radius 1 is 1.00 bits per heavy atom. The molecule has 3 aromatic carbocycles. The van der Waals surface area contributed by atoms with E-state index in [0.717, 1.165) is 17.5 Å². The van der Waals surface area contributed by atoms with E-state index in [0.29, 0.717) is 41.2 Å². The van der Waals surface area contributed by atoms with Gasteiger partial charge in [0.25, 0.3) is 0 Å². The zero-order chi connectivity index (χ0) is 23.9. The number of rotatable bonds is 9. The van der Waals surface area contributed by atoms with Crippen molar-refractivity contribution < 1.29 is 23.4 Å². The molecule has 6 heteroatoms. The van der Waals surface area contributed by atoms with Gasteiger partial charge in [-0.25, -0.2) is 4.79 Å². The average molecular weight is 456 g/mol. The van der Waals surface area contributed by atoms with Crippen molar-refractivity contribution in [3.05, 3.63) is 106 Å². The molecule has 0 aliphatic carbocycles. The van der Waals surface area contributed by atoms with E-state index in [9.17, 15) is 9.59 Å². The maximum absolute atomic E-state index is 12.9. The third-order valence-electron chi connectivity index (χ3n) is 5.09. The number of fused-ring (bicyclic) bond motifs is 1. The van der Waals surface area contributed by atoms with E-state index in [-0.39, 0.29) is 11.2 Å². The third-order valence-corrected chi connectivity index (χ3v) is 5.09. The first-order valence-corrected chi connectivity index (χ1v) is 10.9. The lowest BCUT2D eigenvalue weighted by Gasteiger charge is -2.09. The first kappa shape index (κ1) is 22.9. The van der Waals surface area contributed by atoms with Crippen LogP contribution in [0.1, 0.15) is 34.8 Å². The van der Waals surface area contributed by atoms with Gasteiger partial charge in [0.05, 0.1) is 17.6 Å². The molecule has 0 unspecified atom stereocenters. The van der Waals surface area contributed by atoms with Gasteiger partial charge >= 0.3 is 5.97 Å². The van der Waals surface area contributed by atoms with Gasteiger partial charge in [0.2, 0.25) is 11.2 Å². The molecule has 1 aromatic heterocycles. The summed E-state index contributed by atoms with van der Waals surface area (Å²) in [5.41, 5.74) is 2.56. The standard InChI is InChI=1S/C28H24O6/c1-3-15-31-28(30)21-9-11-22(12-10-21)34-26-18-33-25-16-23(13-14-24(25)27(26)29)32-17-20-7-5-19(4-2)6-8-20/h4-14,16,18H,2-3,15,17H2,1H3. The highest BCUT2D eigenvalue weighted by molar-refractivity contribution is 5.89. The molecule has 0 fully saturated rings. The maximum Gasteiger partial charge on any atom is 0.338 e. The predicted molar refractivity (Wildman–Crippen MR) is 130 cm³/mol. The monoisotopic (exact) mass is 456 g/mol. The highest BCUT2D eigenvalue weighted by Gasteiger charge is 2.12. The lowest BCUT2D eigenvalue weighted by molar-refractivity contribution is 0.0505. The van der Waals surface area contributed by atoms with E-state index in [4.69, 9.17) is 18.6 Å². The Morgan fingerprint density at radius 3 is 2.44 bits per heavy atom. The lowest BCUT2D eigenvalue weighted by Crippen LogP contribution is -2.06. The fourth-order valence-electron chi connectivity index (χ4n) is 3.23. The quantitative estimate of drug-likeness (QED) is 0.272. The molecule has 172 valence electrons. The Hall–Kier alpha value is -4.32. The van der Waals surface area contributed by atoms with Gasteiger partial charge in [-0.1, -0.05) is 43.8 Å². The van der Waals surface area contributed by atoms with E-state index in [1.165, 1.54) is 6.26 Å². The molecule has 6 nitrogen and oxygen atoms in total. The maximum atomic E-state index is 12.9. The Bertz CT molecular complexity index is 1350. The van der Waals surface area contributed by atoms with Crippen LogP contribution in [0.4, 0.5) is 0 Å². The number of hydrogen-bond acceptors (Lipinski definition) is 6. The summed E-state index contributed by atoms with van der Waals surface area (Å²) in [5.74, 6) is 0.638. The van der Waals surface area contributed by atoms with Crippen LogP contribution in [0.25, 0.3) is 17.0 Å². The smallest absolute Gasteiger partial charge is 0.338 e. The summed E-state index contributed by atoms with van der Waals surface area (Å²) in [5, 5.41) is 0.375. The molecule has 1 heterocycles. The molecular weight excluding hydrogens is 432 g/mol. The summed E-state index contributed by atoms with van der Waals surface area (Å²) >= 11 is 0. The van der Waals surface area contributed by atoms with Gasteiger partial charge in [0.1, 0.15) is 30.0 Å². The van der Waals surface area contributed by atoms with E-state index in [1.807, 2.05) is 31.2 Å². The number of esters is 1. The zero-order valence-electron chi connectivity index (χ0n) is 18.8. The molecule has 0 aliphatic rings. The van der Waals surface area contributed by atoms with Gasteiger partial charge in [0.15, 0.2) is 0 Å². The number of carbonyl (C=O) groups excluding carboxylic acids is 1. The van der Waals surface area contributed by atoms with Crippen molar-refractivity contribution in [2.24, 2.45) is 0 Å². The van der Waals surface area contributed by atoms with Gasteiger partial charge in [0, 0.05) is 6.07 Å². The highest BCUT2D eigenvalue weighted by Crippen LogP contribution is 2.25. The molecule has 0 aliphatic heterocycles. The molecule has 4 aromatic rings. The van der Waals surface area contributed by atoms with Crippen LogP contribution in [0.5, 0.6) is 17.2 Å². The first-order valence-electron chi connectivity index (χ1n) is 10.9. The van der Waals surface area contributed by atoms with Gasteiger partial charge in [-0.05, 0) is 53.9 Å². The molecule has 0 saturated heterocycles. The number of benzene rings is 3. The van der Waals surface area contributed by atoms with E-state index in [1.54, 1.807) is 48.5 Å². The summed E-state index contributed by atoms with van der Waals surface area (Å²) in [4.78, 5) is 24.8. The predicted octanol–water partition coefficient (Wildman–Crippen LogP) is 6.37. The molecule has 0 atom stereocenters. The summed E-state index contributed by atoms with van der Waals surface area (Å²) in [6.07, 6.45) is 3.81. The minimum Gasteiger partial charge on any atom is -0.489 e. The van der Waals surface area contributed by atoms with Crippen molar-refractivity contribution in [3.8, 4) is 17.2 Å². The third kappa shape index (κ3) is 5.35. The van der Waals surface area contributed by atoms with Gasteiger partial charge < -0.3 is 18.6 Å². The fourth-order valence-corrected chi connectivity index (χ4v) is 3.23. The number of hydrogen-bond donors (Lipinski definition) is 0. The molecule has 4 rings (SSSR count). The van der Waals surface area contributed by atoms with Crippen molar-refractivity contribution in [1.82, 2.24) is 0 Å². The second kappa shape index (κ2) is 10.5.